The lowest BCUT2D eigenvalue weighted by atomic mass is 9.82. The molecule has 3 heteroatoms. The molecule has 0 atom stereocenters. The number of hydrogen-bond donors (Lipinski definition) is 0. The van der Waals surface area contributed by atoms with Gasteiger partial charge in [0.25, 0.3) is 0 Å². The summed E-state index contributed by atoms with van der Waals surface area (Å²) in [5.41, 5.74) is 8.59. The summed E-state index contributed by atoms with van der Waals surface area (Å²) in [6.07, 6.45) is 2.90. The Hall–Kier alpha value is -3.85. The van der Waals surface area contributed by atoms with Crippen molar-refractivity contribution < 1.29 is 8.83 Å². The van der Waals surface area contributed by atoms with Crippen LogP contribution in [0.3, 0.4) is 0 Å². The fraction of sp³-hybridized carbons (Fsp3) is 0.286. The molecule has 3 aromatic carbocycles. The van der Waals surface area contributed by atoms with Gasteiger partial charge in [-0.05, 0) is 83.8 Å². The lowest BCUT2D eigenvalue weighted by Gasteiger charge is -2.22. The van der Waals surface area contributed by atoms with Crippen LogP contribution in [-0.2, 0) is 11.8 Å². The van der Waals surface area contributed by atoms with Gasteiger partial charge in [0.1, 0.15) is 11.2 Å². The lowest BCUT2D eigenvalue weighted by Crippen LogP contribution is -2.12. The number of benzene rings is 3. The van der Waals surface area contributed by atoms with Gasteiger partial charge in [0, 0.05) is 28.3 Å². The third kappa shape index (κ3) is 4.01. The molecule has 0 unspecified atom stereocenters. The molecule has 6 rings (SSSR count). The Labute approximate surface area is 224 Å². The van der Waals surface area contributed by atoms with E-state index in [1.165, 1.54) is 21.9 Å². The average molecular weight is 502 g/mol. The maximum absolute atomic E-state index is 6.50. The largest absolute Gasteiger partial charge is 0.452 e. The fourth-order valence-electron chi connectivity index (χ4n) is 5.78. The van der Waals surface area contributed by atoms with E-state index in [0.717, 1.165) is 62.3 Å². The van der Waals surface area contributed by atoms with Crippen molar-refractivity contribution in [1.29, 1.82) is 0 Å². The van der Waals surface area contributed by atoms with Crippen LogP contribution in [0.25, 0.3) is 55.5 Å². The maximum Gasteiger partial charge on any atom is 0.173 e. The molecule has 0 saturated heterocycles. The Bertz CT molecular complexity index is 1820. The summed E-state index contributed by atoms with van der Waals surface area (Å²) < 4.78 is 12.9. The zero-order chi connectivity index (χ0) is 26.8. The lowest BCUT2D eigenvalue weighted by molar-refractivity contribution is 0.565. The van der Waals surface area contributed by atoms with Gasteiger partial charge >= 0.3 is 0 Å². The van der Waals surface area contributed by atoms with Crippen LogP contribution in [0, 0.1) is 19.8 Å². The molecule has 0 spiro atoms. The minimum atomic E-state index is -0.0000783. The van der Waals surface area contributed by atoms with Crippen molar-refractivity contribution in [2.75, 3.05) is 0 Å². The van der Waals surface area contributed by atoms with Crippen LogP contribution in [0.2, 0.25) is 0 Å². The summed E-state index contributed by atoms with van der Waals surface area (Å²) >= 11 is 0. The topological polar surface area (TPSA) is 39.2 Å². The zero-order valence-electron chi connectivity index (χ0n) is 23.4. The first-order valence-electron chi connectivity index (χ1n) is 13.6. The highest BCUT2D eigenvalue weighted by atomic mass is 16.4. The van der Waals surface area contributed by atoms with E-state index in [4.69, 9.17) is 13.8 Å². The van der Waals surface area contributed by atoms with Gasteiger partial charge in [0.05, 0.1) is 11.1 Å². The van der Waals surface area contributed by atoms with E-state index in [-0.39, 0.29) is 5.41 Å². The molecule has 0 radical (unpaired) electrons. The first kappa shape index (κ1) is 24.5. The summed E-state index contributed by atoms with van der Waals surface area (Å²) in [4.78, 5) is 4.89. The normalized spacial score (nSPS) is 12.4. The number of hydrogen-bond acceptors (Lipinski definition) is 3. The van der Waals surface area contributed by atoms with Crippen LogP contribution in [0.5, 0.6) is 0 Å². The highest BCUT2D eigenvalue weighted by molar-refractivity contribution is 6.01. The monoisotopic (exact) mass is 501 g/mol. The number of aromatic nitrogens is 1. The van der Waals surface area contributed by atoms with Crippen molar-refractivity contribution in [1.82, 2.24) is 4.98 Å². The molecule has 3 aromatic heterocycles. The fourth-order valence-corrected chi connectivity index (χ4v) is 5.78. The van der Waals surface area contributed by atoms with Crippen molar-refractivity contribution >= 4 is 32.7 Å². The second-order valence-corrected chi connectivity index (χ2v) is 12.1. The molecule has 0 fully saturated rings. The molecule has 0 amide bonds. The number of rotatable bonds is 4. The summed E-state index contributed by atoms with van der Waals surface area (Å²) in [6, 6.07) is 21.7. The van der Waals surface area contributed by atoms with E-state index in [9.17, 15) is 0 Å². The van der Waals surface area contributed by atoms with Gasteiger partial charge in [0.2, 0.25) is 0 Å². The first-order chi connectivity index (χ1) is 18.1. The minimum absolute atomic E-state index is 0.0000783. The summed E-state index contributed by atoms with van der Waals surface area (Å²) in [5.74, 6) is 2.19. The zero-order valence-corrected chi connectivity index (χ0v) is 23.4. The van der Waals surface area contributed by atoms with Crippen molar-refractivity contribution in [2.45, 2.75) is 60.3 Å². The molecule has 0 aliphatic heterocycles. The third-order valence-corrected chi connectivity index (χ3v) is 7.63. The summed E-state index contributed by atoms with van der Waals surface area (Å²) in [7, 11) is 0. The van der Waals surface area contributed by atoms with Crippen LogP contribution < -0.4 is 0 Å². The molecule has 192 valence electrons. The molecule has 3 nitrogen and oxygen atoms in total. The Kier molecular flexibility index (Phi) is 5.72. The van der Waals surface area contributed by atoms with E-state index in [2.05, 4.69) is 103 Å². The predicted molar refractivity (Wildman–Crippen MR) is 159 cm³/mol. The third-order valence-electron chi connectivity index (χ3n) is 7.63. The van der Waals surface area contributed by atoms with Gasteiger partial charge in [-0.15, -0.1) is 0 Å². The average Bonchev–Trinajstić information content (AvgIpc) is 3.38. The highest BCUT2D eigenvalue weighted by Crippen LogP contribution is 2.43. The molecule has 0 aliphatic carbocycles. The van der Waals surface area contributed by atoms with E-state index in [1.807, 2.05) is 12.3 Å². The van der Waals surface area contributed by atoms with Crippen LogP contribution in [0.1, 0.15) is 56.9 Å². The molecule has 0 bridgehead atoms. The van der Waals surface area contributed by atoms with E-state index in [1.54, 1.807) is 0 Å². The van der Waals surface area contributed by atoms with Gasteiger partial charge in [-0.1, -0.05) is 65.0 Å². The smallest absolute Gasteiger partial charge is 0.173 e. The standard InChI is InChI=1S/C35H35NO2/c1-20(2)16-23-12-13-29-27(17-23)21(3)33(37-29)34-22(4)31-30(38-34)14-15-36-32(31)25-18-24-10-8-9-11-26(24)28(19-25)35(5,6)7/h8-15,17-20H,16H2,1-7H3. The minimum Gasteiger partial charge on any atom is -0.452 e. The Morgan fingerprint density at radius 2 is 1.53 bits per heavy atom. The quantitative estimate of drug-likeness (QED) is 0.241. The molecule has 0 N–H and O–H groups in total. The van der Waals surface area contributed by atoms with Gasteiger partial charge < -0.3 is 8.83 Å². The van der Waals surface area contributed by atoms with Crippen molar-refractivity contribution in [3.63, 3.8) is 0 Å². The SMILES string of the molecule is Cc1c(-c2oc3ccnc(-c4cc(C(C)(C)C)c5ccccc5c4)c3c2C)oc2ccc(CC(C)C)cc12. The summed E-state index contributed by atoms with van der Waals surface area (Å²) in [5, 5.41) is 4.70. The molecule has 3 heterocycles. The van der Waals surface area contributed by atoms with Crippen molar-refractivity contribution in [2.24, 2.45) is 5.92 Å². The van der Waals surface area contributed by atoms with Gasteiger partial charge in [-0.2, -0.15) is 0 Å². The Morgan fingerprint density at radius 1 is 0.789 bits per heavy atom. The number of furan rings is 2. The molecular weight excluding hydrogens is 466 g/mol. The van der Waals surface area contributed by atoms with Gasteiger partial charge in [0.15, 0.2) is 11.5 Å². The Morgan fingerprint density at radius 3 is 2.29 bits per heavy atom. The van der Waals surface area contributed by atoms with Gasteiger partial charge in [-0.25, -0.2) is 0 Å². The molecule has 38 heavy (non-hydrogen) atoms. The second kappa shape index (κ2) is 8.87. The van der Waals surface area contributed by atoms with Crippen LogP contribution >= 0.6 is 0 Å². The van der Waals surface area contributed by atoms with Crippen LogP contribution in [-0.4, -0.2) is 4.98 Å². The van der Waals surface area contributed by atoms with Crippen molar-refractivity contribution in [3.8, 4) is 22.8 Å². The Balaban J connectivity index is 1.55. The van der Waals surface area contributed by atoms with Crippen LogP contribution in [0.15, 0.2) is 75.7 Å². The summed E-state index contributed by atoms with van der Waals surface area (Å²) in [6.45, 7) is 15.6. The van der Waals surface area contributed by atoms with Gasteiger partial charge in [-0.3, -0.25) is 4.98 Å². The number of aryl methyl sites for hydroxylation is 2. The second-order valence-electron chi connectivity index (χ2n) is 12.1. The molecule has 6 aromatic rings. The predicted octanol–water partition coefficient (Wildman–Crippen LogP) is 10.2. The first-order valence-corrected chi connectivity index (χ1v) is 13.6. The van der Waals surface area contributed by atoms with E-state index in [0.29, 0.717) is 5.92 Å². The van der Waals surface area contributed by atoms with E-state index >= 15 is 0 Å². The molecule has 0 saturated carbocycles. The molecule has 0 aliphatic rings. The number of fused-ring (bicyclic) bond motifs is 3. The maximum atomic E-state index is 6.50. The van der Waals surface area contributed by atoms with Crippen LogP contribution in [0.4, 0.5) is 0 Å². The number of pyridine rings is 1. The van der Waals surface area contributed by atoms with Crippen molar-refractivity contribution in [3.05, 3.63) is 89.1 Å². The number of nitrogens with zero attached hydrogens (tertiary/aromatic N) is 1. The highest BCUT2D eigenvalue weighted by Gasteiger charge is 2.24. The molecular formula is C35H35NO2. The van der Waals surface area contributed by atoms with E-state index < -0.39 is 0 Å².